The number of nitrogens with zero attached hydrogens (tertiary/aromatic N) is 5. The number of nitro groups is 2. The molecule has 0 unspecified atom stereocenters. The molecule has 0 aromatic carbocycles. The average molecular weight is 443 g/mol. The van der Waals surface area contributed by atoms with E-state index in [1.807, 2.05) is 0 Å². The topological polar surface area (TPSA) is 178 Å². The number of H-pyrrole nitrogens is 1. The zero-order valence-electron chi connectivity index (χ0n) is 12.8. The predicted octanol–water partition coefficient (Wildman–Crippen LogP) is 2.52. The standard InChI is InChI=1S/C5H3Cl2N3O2S.C5H5N3O4S/c1-13-5-8-3(6)2(10(11)12)4(7)9-5;1-13-5-6-3(9)2(8(11)12)4(10)7-5/h1H3;1H3,(H2,6,7,9,10). The molecular weight excluding hydrogens is 435 g/mol. The molecule has 2 heterocycles. The van der Waals surface area contributed by atoms with Gasteiger partial charge >= 0.3 is 16.9 Å². The minimum absolute atomic E-state index is 0.133. The van der Waals surface area contributed by atoms with Gasteiger partial charge in [0.15, 0.2) is 10.3 Å². The fourth-order valence-corrected chi connectivity index (χ4v) is 2.69. The molecule has 12 nitrogen and oxygen atoms in total. The zero-order chi connectivity index (χ0) is 20.0. The van der Waals surface area contributed by atoms with Gasteiger partial charge < -0.3 is 5.11 Å². The molecule has 2 aromatic heterocycles. The van der Waals surface area contributed by atoms with Crippen LogP contribution in [0.3, 0.4) is 0 Å². The van der Waals surface area contributed by atoms with Gasteiger partial charge in [0, 0.05) is 0 Å². The van der Waals surface area contributed by atoms with Gasteiger partial charge in [0.25, 0.3) is 5.88 Å². The molecular formula is C10H8Cl2N6O6S2. The van der Waals surface area contributed by atoms with E-state index in [9.17, 15) is 25.0 Å². The van der Waals surface area contributed by atoms with Gasteiger partial charge in [0.1, 0.15) is 0 Å². The van der Waals surface area contributed by atoms with Gasteiger partial charge in [-0.2, -0.15) is 4.98 Å². The molecule has 0 saturated heterocycles. The third kappa shape index (κ3) is 5.42. The number of rotatable bonds is 4. The molecule has 0 saturated carbocycles. The molecule has 0 amide bonds. The van der Waals surface area contributed by atoms with Crippen LogP contribution in [0.1, 0.15) is 0 Å². The van der Waals surface area contributed by atoms with E-state index in [2.05, 4.69) is 19.9 Å². The summed E-state index contributed by atoms with van der Waals surface area (Å²) < 4.78 is 0. The smallest absolute Gasteiger partial charge is 0.395 e. The van der Waals surface area contributed by atoms with Gasteiger partial charge in [-0.25, -0.2) is 9.97 Å². The maximum atomic E-state index is 11.0. The summed E-state index contributed by atoms with van der Waals surface area (Å²) in [5.74, 6) is -0.863. The highest BCUT2D eigenvalue weighted by atomic mass is 35.5. The first-order valence-electron chi connectivity index (χ1n) is 6.05. The van der Waals surface area contributed by atoms with E-state index < -0.39 is 32.7 Å². The lowest BCUT2D eigenvalue weighted by Gasteiger charge is -1.98. The summed E-state index contributed by atoms with van der Waals surface area (Å²) in [5.41, 5.74) is -2.35. The van der Waals surface area contributed by atoms with Crippen molar-refractivity contribution in [3.63, 3.8) is 0 Å². The Morgan fingerprint density at radius 1 is 1.00 bits per heavy atom. The van der Waals surface area contributed by atoms with E-state index in [1.165, 1.54) is 11.8 Å². The van der Waals surface area contributed by atoms with E-state index in [4.69, 9.17) is 28.3 Å². The highest BCUT2D eigenvalue weighted by Crippen LogP contribution is 2.30. The Hall–Kier alpha value is -2.16. The van der Waals surface area contributed by atoms with Gasteiger partial charge in [0.2, 0.25) is 10.3 Å². The molecule has 2 rings (SSSR count). The van der Waals surface area contributed by atoms with Crippen LogP contribution >= 0.6 is 46.7 Å². The van der Waals surface area contributed by atoms with E-state index in [1.54, 1.807) is 12.5 Å². The molecule has 140 valence electrons. The fraction of sp³-hybridized carbons (Fsp3) is 0.200. The highest BCUT2D eigenvalue weighted by molar-refractivity contribution is 7.98. The molecule has 0 aliphatic heterocycles. The Kier molecular flexibility index (Phi) is 8.01. The number of hydrogen-bond donors (Lipinski definition) is 2. The largest absolute Gasteiger partial charge is 0.488 e. The van der Waals surface area contributed by atoms with Crippen molar-refractivity contribution in [2.24, 2.45) is 0 Å². The third-order valence-electron chi connectivity index (χ3n) is 2.37. The van der Waals surface area contributed by atoms with Crippen LogP contribution < -0.4 is 5.56 Å². The van der Waals surface area contributed by atoms with Crippen molar-refractivity contribution in [3.8, 4) is 5.88 Å². The van der Waals surface area contributed by atoms with Crippen LogP contribution in [0.25, 0.3) is 0 Å². The summed E-state index contributed by atoms with van der Waals surface area (Å²) in [7, 11) is 0. The third-order valence-corrected chi connectivity index (χ3v) is 4.03. The van der Waals surface area contributed by atoms with Crippen molar-refractivity contribution in [1.82, 2.24) is 19.9 Å². The molecule has 16 heteroatoms. The van der Waals surface area contributed by atoms with Gasteiger partial charge in [-0.3, -0.25) is 30.0 Å². The van der Waals surface area contributed by atoms with Crippen molar-refractivity contribution in [3.05, 3.63) is 40.9 Å². The number of nitrogens with one attached hydrogen (secondary N) is 1. The van der Waals surface area contributed by atoms with Crippen LogP contribution in [0.2, 0.25) is 10.3 Å². The first kappa shape index (κ1) is 21.9. The number of aromatic hydroxyl groups is 1. The normalized spacial score (nSPS) is 10.0. The lowest BCUT2D eigenvalue weighted by atomic mass is 10.5. The van der Waals surface area contributed by atoms with Crippen molar-refractivity contribution < 1.29 is 15.0 Å². The minimum atomic E-state index is -0.981. The van der Waals surface area contributed by atoms with Crippen LogP contribution in [-0.2, 0) is 0 Å². The van der Waals surface area contributed by atoms with Crippen LogP contribution in [0.5, 0.6) is 5.88 Å². The number of hydrogen-bond acceptors (Lipinski definition) is 11. The molecule has 0 aliphatic carbocycles. The van der Waals surface area contributed by atoms with Gasteiger partial charge in [-0.05, 0) is 12.5 Å². The second-order valence-corrected chi connectivity index (χ2v) is 6.19. The summed E-state index contributed by atoms with van der Waals surface area (Å²) in [6, 6.07) is 0. The SMILES string of the molecule is CSc1nc(Cl)c([N+](=O)[O-])c(Cl)n1.CSc1nc(O)c([N+](=O)[O-])c(=O)[nH]1. The van der Waals surface area contributed by atoms with Crippen molar-refractivity contribution in [2.75, 3.05) is 12.5 Å². The lowest BCUT2D eigenvalue weighted by molar-refractivity contribution is -0.387. The summed E-state index contributed by atoms with van der Waals surface area (Å²) in [6.07, 6.45) is 3.33. The minimum Gasteiger partial charge on any atom is -0.488 e. The lowest BCUT2D eigenvalue weighted by Crippen LogP contribution is -2.13. The van der Waals surface area contributed by atoms with E-state index >= 15 is 0 Å². The highest BCUT2D eigenvalue weighted by Gasteiger charge is 2.22. The molecule has 0 fully saturated rings. The maximum Gasteiger partial charge on any atom is 0.395 e. The second-order valence-electron chi connectivity index (χ2n) is 3.90. The molecule has 26 heavy (non-hydrogen) atoms. The van der Waals surface area contributed by atoms with Crippen LogP contribution in [0.15, 0.2) is 15.1 Å². The molecule has 0 bridgehead atoms. The van der Waals surface area contributed by atoms with Gasteiger partial charge in [0.05, 0.1) is 9.85 Å². The molecule has 2 N–H and O–H groups in total. The predicted molar refractivity (Wildman–Crippen MR) is 95.4 cm³/mol. The van der Waals surface area contributed by atoms with Crippen molar-refractivity contribution in [1.29, 1.82) is 0 Å². The van der Waals surface area contributed by atoms with E-state index in [0.29, 0.717) is 5.16 Å². The molecule has 0 atom stereocenters. The van der Waals surface area contributed by atoms with Crippen molar-refractivity contribution in [2.45, 2.75) is 10.3 Å². The average Bonchev–Trinajstić information content (AvgIpc) is 2.53. The fourth-order valence-electron chi connectivity index (χ4n) is 1.32. The summed E-state index contributed by atoms with van der Waals surface area (Å²) >= 11 is 13.3. The number of thioether (sulfide) groups is 2. The molecule has 0 aliphatic rings. The summed E-state index contributed by atoms with van der Waals surface area (Å²) in [4.78, 5) is 42.7. The Bertz CT molecular complexity index is 887. The van der Waals surface area contributed by atoms with E-state index in [0.717, 1.165) is 11.8 Å². The van der Waals surface area contributed by atoms with Crippen LogP contribution in [-0.4, -0.2) is 47.4 Å². The van der Waals surface area contributed by atoms with Crippen LogP contribution in [0.4, 0.5) is 11.4 Å². The zero-order valence-corrected chi connectivity index (χ0v) is 15.9. The van der Waals surface area contributed by atoms with Crippen LogP contribution in [0, 0.1) is 20.2 Å². The number of aromatic amines is 1. The van der Waals surface area contributed by atoms with Crippen molar-refractivity contribution >= 4 is 58.1 Å². The molecule has 2 aromatic rings. The Balaban J connectivity index is 0.000000260. The Morgan fingerprint density at radius 2 is 1.50 bits per heavy atom. The van der Waals surface area contributed by atoms with Gasteiger partial charge in [-0.15, -0.1) is 0 Å². The molecule has 0 spiro atoms. The first-order chi connectivity index (χ1) is 12.1. The van der Waals surface area contributed by atoms with E-state index in [-0.39, 0.29) is 15.5 Å². The maximum absolute atomic E-state index is 11.0. The number of aromatic nitrogens is 4. The summed E-state index contributed by atoms with van der Waals surface area (Å²) in [6.45, 7) is 0. The monoisotopic (exact) mass is 442 g/mol. The summed E-state index contributed by atoms with van der Waals surface area (Å²) in [5, 5.41) is 29.6. The Morgan fingerprint density at radius 3 is 1.85 bits per heavy atom. The Labute approximate surface area is 162 Å². The van der Waals surface area contributed by atoms with Gasteiger partial charge in [-0.1, -0.05) is 46.7 Å². The first-order valence-corrected chi connectivity index (χ1v) is 9.26. The number of halogens is 2. The quantitative estimate of drug-likeness (QED) is 0.233. The second kappa shape index (κ2) is 9.51. The molecule has 0 radical (unpaired) electrons.